The lowest BCUT2D eigenvalue weighted by Crippen LogP contribution is -2.26. The highest BCUT2D eigenvalue weighted by atomic mass is 79.9. The minimum absolute atomic E-state index is 0.225. The number of para-hydroxylation sites is 2. The number of fused-ring (bicyclic) bond motifs is 1. The molecule has 1 aromatic heterocycles. The summed E-state index contributed by atoms with van der Waals surface area (Å²) in [5, 5.41) is 0.764. The predicted molar refractivity (Wildman–Crippen MR) is 120 cm³/mol. The Hall–Kier alpha value is -3.22. The zero-order valence-electron chi connectivity index (χ0n) is 16.0. The maximum Gasteiger partial charge on any atom is 0.275 e. The molecule has 0 atom stereocenters. The molecule has 3 aromatic carbocycles. The molecule has 0 saturated carbocycles. The Kier molecular flexibility index (Phi) is 6.37. The Balaban J connectivity index is 1.47. The second-order valence-corrected chi connectivity index (χ2v) is 7.44. The maximum absolute atomic E-state index is 12.8. The van der Waals surface area contributed by atoms with Gasteiger partial charge in [0.05, 0.1) is 16.8 Å². The molecule has 0 bridgehead atoms. The maximum atomic E-state index is 12.8. The third kappa shape index (κ3) is 4.84. The summed E-state index contributed by atoms with van der Waals surface area (Å²) >= 11 is 3.44. The molecular formula is C24H19BrN2O3. The number of carbonyl (C=O) groups is 1. The molecule has 4 aromatic rings. The first-order valence-corrected chi connectivity index (χ1v) is 10.3. The predicted octanol–water partition coefficient (Wildman–Crippen LogP) is 5.40. The lowest BCUT2D eigenvalue weighted by atomic mass is 10.0. The molecule has 5 nitrogen and oxygen atoms in total. The van der Waals surface area contributed by atoms with E-state index in [1.54, 1.807) is 6.07 Å². The molecule has 0 aliphatic rings. The van der Waals surface area contributed by atoms with Crippen LogP contribution in [0.2, 0.25) is 0 Å². The summed E-state index contributed by atoms with van der Waals surface area (Å²) in [5.41, 5.74) is 5.41. The highest BCUT2D eigenvalue weighted by Crippen LogP contribution is 2.26. The first kappa shape index (κ1) is 20.1. The summed E-state index contributed by atoms with van der Waals surface area (Å²) in [4.78, 5) is 22.9. The van der Waals surface area contributed by atoms with E-state index in [0.717, 1.165) is 32.4 Å². The third-order valence-corrected chi connectivity index (χ3v) is 4.99. The van der Waals surface area contributed by atoms with Crippen LogP contribution < -0.4 is 10.2 Å². The molecule has 0 radical (unpaired) electrons. The van der Waals surface area contributed by atoms with Crippen LogP contribution in [0.15, 0.2) is 89.4 Å². The van der Waals surface area contributed by atoms with E-state index < -0.39 is 0 Å². The summed E-state index contributed by atoms with van der Waals surface area (Å²) in [5.74, 6) is 0.429. The van der Waals surface area contributed by atoms with Gasteiger partial charge < -0.3 is 4.74 Å². The van der Waals surface area contributed by atoms with Crippen LogP contribution in [0.1, 0.15) is 10.4 Å². The molecule has 0 aliphatic carbocycles. The van der Waals surface area contributed by atoms with Gasteiger partial charge in [0.15, 0.2) is 0 Å². The van der Waals surface area contributed by atoms with E-state index in [1.165, 1.54) is 0 Å². The molecule has 6 heteroatoms. The summed E-state index contributed by atoms with van der Waals surface area (Å²) in [6.07, 6.45) is 0. The number of hydroxylamine groups is 1. The second kappa shape index (κ2) is 9.52. The van der Waals surface area contributed by atoms with Crippen molar-refractivity contribution in [3.63, 3.8) is 0 Å². The summed E-state index contributed by atoms with van der Waals surface area (Å²) in [6.45, 7) is 0.550. The third-order valence-electron chi connectivity index (χ3n) is 4.46. The number of aromatic nitrogens is 1. The van der Waals surface area contributed by atoms with Crippen molar-refractivity contribution in [2.75, 3.05) is 13.2 Å². The number of nitrogens with zero attached hydrogens (tertiary/aromatic N) is 1. The zero-order chi connectivity index (χ0) is 20.8. The number of ether oxygens (including phenoxy) is 1. The molecule has 150 valence electrons. The Morgan fingerprint density at radius 3 is 2.43 bits per heavy atom. The molecule has 1 amide bonds. The van der Waals surface area contributed by atoms with Gasteiger partial charge in [-0.2, -0.15) is 0 Å². The fourth-order valence-electron chi connectivity index (χ4n) is 3.02. The van der Waals surface area contributed by atoms with Gasteiger partial charge in [0.25, 0.3) is 5.91 Å². The monoisotopic (exact) mass is 462 g/mol. The molecule has 4 rings (SSSR count). The summed E-state index contributed by atoms with van der Waals surface area (Å²) in [6, 6.07) is 26.6. The van der Waals surface area contributed by atoms with Gasteiger partial charge in [-0.25, -0.2) is 10.5 Å². The number of pyridine rings is 1. The van der Waals surface area contributed by atoms with E-state index in [0.29, 0.717) is 12.2 Å². The molecule has 0 fully saturated rings. The van der Waals surface area contributed by atoms with Gasteiger partial charge in [-0.3, -0.25) is 9.63 Å². The molecule has 1 N–H and O–H groups in total. The van der Waals surface area contributed by atoms with Crippen LogP contribution in [0.5, 0.6) is 5.75 Å². The number of amides is 1. The summed E-state index contributed by atoms with van der Waals surface area (Å²) in [7, 11) is 0. The van der Waals surface area contributed by atoms with Crippen LogP contribution in [-0.2, 0) is 4.84 Å². The van der Waals surface area contributed by atoms with Gasteiger partial charge in [-0.15, -0.1) is 0 Å². The first-order chi connectivity index (χ1) is 14.7. The van der Waals surface area contributed by atoms with E-state index in [2.05, 4.69) is 21.4 Å². The summed E-state index contributed by atoms with van der Waals surface area (Å²) < 4.78 is 6.54. The van der Waals surface area contributed by atoms with Crippen molar-refractivity contribution in [3.05, 3.63) is 95.0 Å². The second-order valence-electron chi connectivity index (χ2n) is 6.52. The van der Waals surface area contributed by atoms with Crippen molar-refractivity contribution < 1.29 is 14.4 Å². The minimum Gasteiger partial charge on any atom is -0.491 e. The van der Waals surface area contributed by atoms with Crippen LogP contribution >= 0.6 is 15.9 Å². The molecule has 0 aliphatic heterocycles. The number of carbonyl (C=O) groups excluding carboxylic acids is 1. The topological polar surface area (TPSA) is 60.5 Å². The average molecular weight is 463 g/mol. The highest BCUT2D eigenvalue weighted by molar-refractivity contribution is 9.10. The fourth-order valence-corrected chi connectivity index (χ4v) is 3.29. The van der Waals surface area contributed by atoms with Gasteiger partial charge in [0.1, 0.15) is 19.0 Å². The number of benzene rings is 3. The van der Waals surface area contributed by atoms with Crippen LogP contribution in [0.25, 0.3) is 22.2 Å². The Labute approximate surface area is 182 Å². The van der Waals surface area contributed by atoms with Gasteiger partial charge >= 0.3 is 0 Å². The standard InChI is InChI=1S/C24H19BrN2O3/c25-18-12-10-17(11-13-18)23-16-21(20-8-4-5-9-22(20)26-23)24(28)27-30-15-14-29-19-6-2-1-3-7-19/h1-13,16H,14-15H2,(H,27,28). The Morgan fingerprint density at radius 1 is 0.900 bits per heavy atom. The average Bonchev–Trinajstić information content (AvgIpc) is 2.79. The number of hydrogen-bond donors (Lipinski definition) is 1. The Morgan fingerprint density at radius 2 is 1.63 bits per heavy atom. The van der Waals surface area contributed by atoms with E-state index >= 15 is 0 Å². The van der Waals surface area contributed by atoms with Crippen molar-refractivity contribution in [1.29, 1.82) is 0 Å². The zero-order valence-corrected chi connectivity index (χ0v) is 17.6. The normalized spacial score (nSPS) is 10.7. The quantitative estimate of drug-likeness (QED) is 0.294. The van der Waals surface area contributed by atoms with Crippen molar-refractivity contribution in [3.8, 4) is 17.0 Å². The van der Waals surface area contributed by atoms with Crippen LogP contribution in [0, 0.1) is 0 Å². The van der Waals surface area contributed by atoms with Gasteiger partial charge in [-0.05, 0) is 36.4 Å². The molecule has 0 saturated heterocycles. The van der Waals surface area contributed by atoms with Gasteiger partial charge in [-0.1, -0.05) is 64.5 Å². The number of halogens is 1. The number of hydrogen-bond acceptors (Lipinski definition) is 4. The van der Waals surface area contributed by atoms with Gasteiger partial charge in [0.2, 0.25) is 0 Å². The fraction of sp³-hybridized carbons (Fsp3) is 0.0833. The molecule has 0 spiro atoms. The molecular weight excluding hydrogens is 444 g/mol. The smallest absolute Gasteiger partial charge is 0.275 e. The lowest BCUT2D eigenvalue weighted by Gasteiger charge is -2.11. The van der Waals surface area contributed by atoms with Crippen molar-refractivity contribution >= 4 is 32.7 Å². The van der Waals surface area contributed by atoms with Crippen LogP contribution in [0.4, 0.5) is 0 Å². The van der Waals surface area contributed by atoms with Crippen molar-refractivity contribution in [2.24, 2.45) is 0 Å². The molecule has 30 heavy (non-hydrogen) atoms. The van der Waals surface area contributed by atoms with E-state index in [4.69, 9.17) is 14.6 Å². The minimum atomic E-state index is -0.327. The van der Waals surface area contributed by atoms with E-state index in [1.807, 2.05) is 78.9 Å². The SMILES string of the molecule is O=C(NOCCOc1ccccc1)c1cc(-c2ccc(Br)cc2)nc2ccccc12. The van der Waals surface area contributed by atoms with Crippen molar-refractivity contribution in [2.45, 2.75) is 0 Å². The first-order valence-electron chi connectivity index (χ1n) is 9.46. The van der Waals surface area contributed by atoms with Crippen LogP contribution in [0.3, 0.4) is 0 Å². The van der Waals surface area contributed by atoms with Crippen molar-refractivity contribution in [1.82, 2.24) is 10.5 Å². The Bertz CT molecular complexity index is 1150. The van der Waals surface area contributed by atoms with Gasteiger partial charge in [0, 0.05) is 15.4 Å². The molecule has 0 unspecified atom stereocenters. The lowest BCUT2D eigenvalue weighted by molar-refractivity contribution is 0.0201. The largest absolute Gasteiger partial charge is 0.491 e. The van der Waals surface area contributed by atoms with E-state index in [-0.39, 0.29) is 12.5 Å². The van der Waals surface area contributed by atoms with E-state index in [9.17, 15) is 4.79 Å². The number of rotatable bonds is 7. The van der Waals surface area contributed by atoms with Crippen LogP contribution in [-0.4, -0.2) is 24.1 Å². The highest BCUT2D eigenvalue weighted by Gasteiger charge is 2.14. The number of nitrogens with one attached hydrogen (secondary N) is 1. The molecule has 1 heterocycles.